The molecule has 0 aromatic carbocycles. The van der Waals surface area contributed by atoms with Gasteiger partial charge in [-0.05, 0) is 74.7 Å². The van der Waals surface area contributed by atoms with Gasteiger partial charge in [-0.3, -0.25) is 4.79 Å². The predicted octanol–water partition coefficient (Wildman–Crippen LogP) is 2.26. The summed E-state index contributed by atoms with van der Waals surface area (Å²) < 4.78 is 17.5. The van der Waals surface area contributed by atoms with Crippen LogP contribution in [-0.4, -0.2) is 82.0 Å². The summed E-state index contributed by atoms with van der Waals surface area (Å²) in [7, 11) is -0.503. The normalized spacial score (nSPS) is 23.9. The van der Waals surface area contributed by atoms with Gasteiger partial charge < -0.3 is 29.2 Å². The summed E-state index contributed by atoms with van der Waals surface area (Å²) in [6.07, 6.45) is 5.97. The summed E-state index contributed by atoms with van der Waals surface area (Å²) in [5, 5.41) is 2.65. The average Bonchev–Trinajstić information content (AvgIpc) is 3.41. The summed E-state index contributed by atoms with van der Waals surface area (Å²) in [6, 6.07) is -0.161. The van der Waals surface area contributed by atoms with E-state index in [9.17, 15) is 9.59 Å². The molecule has 1 aromatic heterocycles. The fourth-order valence-corrected chi connectivity index (χ4v) is 4.53. The smallest absolute Gasteiger partial charge is 0.444 e. The molecule has 36 heavy (non-hydrogen) atoms. The minimum absolute atomic E-state index is 0.115. The van der Waals surface area contributed by atoms with Crippen molar-refractivity contribution in [3.63, 3.8) is 0 Å². The lowest BCUT2D eigenvalue weighted by Gasteiger charge is -2.32. The van der Waals surface area contributed by atoms with E-state index in [2.05, 4.69) is 20.2 Å². The standard InChI is InChI=1S/C25H40BN5O5/c1-16(29-22(33)34-23(2,3)4)20(32)30-12-11-19(15-30)31(18-9-10-18)21-27-13-17(14-28-21)26-35-24(5,6)25(7,8)36-26/h13-14,16,18-19H,9-12,15H2,1-8H3,(H,29,33)/t16-,19-/m1/s1. The number of rotatable bonds is 6. The van der Waals surface area contributed by atoms with Gasteiger partial charge in [0.15, 0.2) is 0 Å². The fraction of sp³-hybridized carbons (Fsp3) is 0.760. The molecule has 3 aliphatic rings. The van der Waals surface area contributed by atoms with Crippen LogP contribution in [-0.2, 0) is 18.8 Å². The topological polar surface area (TPSA) is 106 Å². The van der Waals surface area contributed by atoms with Crippen LogP contribution < -0.4 is 15.7 Å². The lowest BCUT2D eigenvalue weighted by Crippen LogP contribution is -2.48. The van der Waals surface area contributed by atoms with E-state index in [4.69, 9.17) is 14.0 Å². The largest absolute Gasteiger partial charge is 0.498 e. The van der Waals surface area contributed by atoms with Crippen molar-refractivity contribution in [1.29, 1.82) is 0 Å². The summed E-state index contributed by atoms with van der Waals surface area (Å²) >= 11 is 0. The number of carbonyl (C=O) groups is 2. The van der Waals surface area contributed by atoms with Gasteiger partial charge in [-0.1, -0.05) is 0 Å². The zero-order valence-electron chi connectivity index (χ0n) is 22.8. The monoisotopic (exact) mass is 501 g/mol. The maximum atomic E-state index is 13.0. The zero-order chi connectivity index (χ0) is 26.5. The number of likely N-dealkylation sites (tertiary alicyclic amines) is 1. The molecule has 3 fully saturated rings. The van der Waals surface area contributed by atoms with Crippen LogP contribution >= 0.6 is 0 Å². The van der Waals surface area contributed by atoms with Gasteiger partial charge >= 0.3 is 13.2 Å². The Hall–Kier alpha value is -2.40. The molecule has 2 amide bonds. The van der Waals surface area contributed by atoms with Gasteiger partial charge in [0.1, 0.15) is 11.6 Å². The van der Waals surface area contributed by atoms with Crippen molar-refractivity contribution in [2.45, 2.75) is 110 Å². The zero-order valence-corrected chi connectivity index (χ0v) is 22.8. The van der Waals surface area contributed by atoms with Crippen molar-refractivity contribution in [2.75, 3.05) is 18.0 Å². The number of anilines is 1. The molecule has 1 aromatic rings. The van der Waals surface area contributed by atoms with Crippen LogP contribution in [0.1, 0.15) is 74.7 Å². The third-order valence-corrected chi connectivity index (χ3v) is 7.33. The molecule has 198 valence electrons. The van der Waals surface area contributed by atoms with E-state index < -0.39 is 36.1 Å². The Bertz CT molecular complexity index is 960. The van der Waals surface area contributed by atoms with E-state index in [1.807, 2.05) is 27.7 Å². The Kier molecular flexibility index (Phi) is 7.02. The number of hydrogen-bond acceptors (Lipinski definition) is 8. The number of hydrogen-bond donors (Lipinski definition) is 1. The van der Waals surface area contributed by atoms with Crippen molar-refractivity contribution in [3.05, 3.63) is 12.4 Å². The minimum Gasteiger partial charge on any atom is -0.444 e. The molecule has 10 nitrogen and oxygen atoms in total. The molecule has 2 aliphatic heterocycles. The van der Waals surface area contributed by atoms with Gasteiger partial charge in [-0.25, -0.2) is 14.8 Å². The lowest BCUT2D eigenvalue weighted by molar-refractivity contribution is -0.132. The first-order valence-electron chi connectivity index (χ1n) is 12.9. The van der Waals surface area contributed by atoms with Gasteiger partial charge in [0.05, 0.1) is 17.2 Å². The molecule has 0 radical (unpaired) electrons. The molecular formula is C25H40BN5O5. The Labute approximate surface area is 214 Å². The van der Waals surface area contributed by atoms with Crippen LogP contribution in [0.15, 0.2) is 12.4 Å². The van der Waals surface area contributed by atoms with E-state index >= 15 is 0 Å². The Balaban J connectivity index is 1.39. The number of nitrogens with one attached hydrogen (secondary N) is 1. The number of ether oxygens (including phenoxy) is 1. The second kappa shape index (κ2) is 9.48. The fourth-order valence-electron chi connectivity index (χ4n) is 4.53. The summed E-state index contributed by atoms with van der Waals surface area (Å²) in [5.41, 5.74) is -0.676. The molecule has 0 bridgehead atoms. The van der Waals surface area contributed by atoms with Crippen LogP contribution in [0.5, 0.6) is 0 Å². The van der Waals surface area contributed by atoms with E-state index in [0.717, 1.165) is 24.7 Å². The third kappa shape index (κ3) is 5.77. The molecule has 11 heteroatoms. The highest BCUT2D eigenvalue weighted by Crippen LogP contribution is 2.37. The second-order valence-electron chi connectivity index (χ2n) is 12.1. The number of alkyl carbamates (subject to hydrolysis) is 1. The van der Waals surface area contributed by atoms with Gasteiger partial charge in [0, 0.05) is 37.0 Å². The predicted molar refractivity (Wildman–Crippen MR) is 137 cm³/mol. The van der Waals surface area contributed by atoms with E-state index in [0.29, 0.717) is 25.1 Å². The highest BCUT2D eigenvalue weighted by atomic mass is 16.7. The van der Waals surface area contributed by atoms with E-state index in [-0.39, 0.29) is 11.9 Å². The van der Waals surface area contributed by atoms with Crippen molar-refractivity contribution in [1.82, 2.24) is 20.2 Å². The Morgan fingerprint density at radius 1 is 1.11 bits per heavy atom. The van der Waals surface area contributed by atoms with Crippen molar-refractivity contribution >= 4 is 30.5 Å². The highest BCUT2D eigenvalue weighted by molar-refractivity contribution is 6.61. The Morgan fingerprint density at radius 2 is 1.69 bits per heavy atom. The van der Waals surface area contributed by atoms with Crippen LogP contribution in [0.4, 0.5) is 10.7 Å². The van der Waals surface area contributed by atoms with Gasteiger partial charge in [0.2, 0.25) is 11.9 Å². The Morgan fingerprint density at radius 3 is 2.22 bits per heavy atom. The van der Waals surface area contributed by atoms with E-state index in [1.165, 1.54) is 0 Å². The second-order valence-corrected chi connectivity index (χ2v) is 12.1. The van der Waals surface area contributed by atoms with Crippen LogP contribution in [0, 0.1) is 0 Å². The van der Waals surface area contributed by atoms with Crippen molar-refractivity contribution < 1.29 is 23.6 Å². The quantitative estimate of drug-likeness (QED) is 0.592. The van der Waals surface area contributed by atoms with Gasteiger partial charge in [0.25, 0.3) is 0 Å². The molecule has 3 heterocycles. The minimum atomic E-state index is -0.663. The first-order chi connectivity index (χ1) is 16.7. The van der Waals surface area contributed by atoms with Gasteiger partial charge in [-0.2, -0.15) is 0 Å². The summed E-state index contributed by atoms with van der Waals surface area (Å²) in [5.74, 6) is 0.549. The van der Waals surface area contributed by atoms with Crippen LogP contribution in [0.25, 0.3) is 0 Å². The van der Waals surface area contributed by atoms with Crippen LogP contribution in [0.3, 0.4) is 0 Å². The summed E-state index contributed by atoms with van der Waals surface area (Å²) in [6.45, 7) is 16.3. The summed E-state index contributed by atoms with van der Waals surface area (Å²) in [4.78, 5) is 38.5. The maximum absolute atomic E-state index is 13.0. The molecule has 0 spiro atoms. The lowest BCUT2D eigenvalue weighted by atomic mass is 9.81. The molecule has 4 rings (SSSR count). The van der Waals surface area contributed by atoms with Gasteiger partial charge in [-0.15, -0.1) is 0 Å². The number of nitrogens with zero attached hydrogens (tertiary/aromatic N) is 4. The molecule has 2 atom stereocenters. The highest BCUT2D eigenvalue weighted by Gasteiger charge is 2.52. The average molecular weight is 501 g/mol. The SMILES string of the molecule is C[C@@H](NC(=O)OC(C)(C)C)C(=O)N1CC[C@@H](N(c2ncc(B3OC(C)(C)C(C)(C)O3)cn2)C2CC2)C1. The molecule has 1 N–H and O–H groups in total. The molecule has 1 aliphatic carbocycles. The molecular weight excluding hydrogens is 461 g/mol. The molecule has 1 saturated carbocycles. The third-order valence-electron chi connectivity index (χ3n) is 7.33. The van der Waals surface area contributed by atoms with Crippen molar-refractivity contribution in [3.8, 4) is 0 Å². The molecule has 0 unspecified atom stereocenters. The first kappa shape index (κ1) is 26.7. The molecule has 2 saturated heterocycles. The number of aromatic nitrogens is 2. The number of amides is 2. The maximum Gasteiger partial charge on any atom is 0.498 e. The number of carbonyl (C=O) groups excluding carboxylic acids is 2. The van der Waals surface area contributed by atoms with Crippen LogP contribution in [0.2, 0.25) is 0 Å². The first-order valence-corrected chi connectivity index (χ1v) is 12.9. The van der Waals surface area contributed by atoms with Crippen molar-refractivity contribution in [2.24, 2.45) is 0 Å². The van der Waals surface area contributed by atoms with E-state index in [1.54, 1.807) is 45.0 Å².